The van der Waals surface area contributed by atoms with E-state index in [9.17, 15) is 10.1 Å². The van der Waals surface area contributed by atoms with Crippen LogP contribution in [-0.2, 0) is 17.7 Å². The number of hydrogen-bond acceptors (Lipinski definition) is 6. The van der Waals surface area contributed by atoms with Gasteiger partial charge in [0, 0.05) is 36.2 Å². The van der Waals surface area contributed by atoms with Gasteiger partial charge in [0.05, 0.1) is 18.2 Å². The van der Waals surface area contributed by atoms with Gasteiger partial charge < -0.3 is 14.6 Å². The maximum absolute atomic E-state index is 12.0. The number of nitriles is 1. The molecule has 0 unspecified atom stereocenters. The molecule has 1 N–H and O–H groups in total. The number of nitrogens with one attached hydrogen (secondary N) is 1. The minimum atomic E-state index is -0.359. The van der Waals surface area contributed by atoms with Crippen molar-refractivity contribution < 1.29 is 9.53 Å². The van der Waals surface area contributed by atoms with Crippen LogP contribution in [0.2, 0.25) is 5.15 Å². The third-order valence-electron chi connectivity index (χ3n) is 4.45. The topological polar surface area (TPSA) is 82.0 Å². The van der Waals surface area contributed by atoms with E-state index < -0.39 is 0 Å². The molecule has 1 aliphatic rings. The molecule has 2 aromatic heterocycles. The summed E-state index contributed by atoms with van der Waals surface area (Å²) in [5.41, 5.74) is 3.98. The summed E-state index contributed by atoms with van der Waals surface area (Å²) < 4.78 is 8.96. The summed E-state index contributed by atoms with van der Waals surface area (Å²) in [7, 11) is 1.38. The molecule has 126 valence electrons. The normalized spacial score (nSPS) is 13.6. The molecule has 3 heterocycles. The van der Waals surface area contributed by atoms with Crippen LogP contribution >= 0.6 is 23.1 Å². The monoisotopic (exact) mass is 372 g/mol. The van der Waals surface area contributed by atoms with E-state index in [-0.39, 0.29) is 11.1 Å². The summed E-state index contributed by atoms with van der Waals surface area (Å²) in [4.78, 5) is 17.5. The summed E-state index contributed by atoms with van der Waals surface area (Å²) in [5.74, 6) is -0.359. The van der Waals surface area contributed by atoms with Crippen molar-refractivity contribution in [2.75, 3.05) is 18.6 Å². The smallest absolute Gasteiger partial charge is 0.339 e. The van der Waals surface area contributed by atoms with E-state index in [2.05, 4.69) is 20.3 Å². The van der Waals surface area contributed by atoms with Crippen molar-refractivity contribution in [3.8, 4) is 6.07 Å². The zero-order chi connectivity index (χ0) is 17.6. The number of hydrogen-bond donors (Lipinski definition) is 1. The molecule has 0 saturated carbocycles. The van der Waals surface area contributed by atoms with E-state index in [0.717, 1.165) is 40.1 Å². The quantitative estimate of drug-likeness (QED) is 0.696. The summed E-state index contributed by atoms with van der Waals surface area (Å²) in [5, 5.41) is 11.4. The highest BCUT2D eigenvalue weighted by molar-refractivity contribution is 7.10. The molecule has 3 aromatic rings. The van der Waals surface area contributed by atoms with E-state index in [0.29, 0.717) is 17.7 Å². The van der Waals surface area contributed by atoms with Gasteiger partial charge in [0.2, 0.25) is 0 Å². The zero-order valence-corrected chi connectivity index (χ0v) is 14.9. The lowest BCUT2D eigenvalue weighted by Gasteiger charge is -2.27. The molecule has 0 spiro atoms. The number of aromatic amines is 1. The number of rotatable bonds is 2. The second kappa shape index (κ2) is 6.06. The first kappa shape index (κ1) is 15.9. The fraction of sp³-hybridized carbons (Fsp3) is 0.235. The predicted octanol–water partition coefficient (Wildman–Crippen LogP) is 3.50. The second-order valence-electron chi connectivity index (χ2n) is 5.74. The lowest BCUT2D eigenvalue weighted by Crippen LogP contribution is -2.29. The molecule has 0 saturated heterocycles. The minimum Gasteiger partial charge on any atom is -0.465 e. The highest BCUT2D eigenvalue weighted by Crippen LogP contribution is 2.36. The molecular formula is C17H13ClN4O2S. The fourth-order valence-electron chi connectivity index (χ4n) is 3.26. The number of carbonyl (C=O) groups excluding carboxylic acids is 1. The van der Waals surface area contributed by atoms with Crippen LogP contribution in [0.1, 0.15) is 27.2 Å². The number of fused-ring (bicyclic) bond motifs is 3. The van der Waals surface area contributed by atoms with Gasteiger partial charge in [-0.1, -0.05) is 23.7 Å². The molecule has 6 nitrogen and oxygen atoms in total. The van der Waals surface area contributed by atoms with Gasteiger partial charge in [-0.3, -0.25) is 0 Å². The summed E-state index contributed by atoms with van der Waals surface area (Å²) in [6.07, 6.45) is 0.783. The molecule has 0 atom stereocenters. The lowest BCUT2D eigenvalue weighted by atomic mass is 10.0. The van der Waals surface area contributed by atoms with Crippen molar-refractivity contribution in [1.82, 2.24) is 9.36 Å². The Morgan fingerprint density at radius 3 is 3.12 bits per heavy atom. The maximum Gasteiger partial charge on any atom is 0.339 e. The minimum absolute atomic E-state index is 0.250. The number of methoxy groups -OCH3 is 1. The Morgan fingerprint density at radius 1 is 1.52 bits per heavy atom. The van der Waals surface area contributed by atoms with Crippen LogP contribution in [0.3, 0.4) is 0 Å². The largest absolute Gasteiger partial charge is 0.465 e. The van der Waals surface area contributed by atoms with Crippen LogP contribution in [0.15, 0.2) is 18.2 Å². The number of H-pyrrole nitrogens is 1. The molecule has 8 heteroatoms. The van der Waals surface area contributed by atoms with Crippen molar-refractivity contribution in [2.45, 2.75) is 13.0 Å². The lowest BCUT2D eigenvalue weighted by molar-refractivity contribution is 0.0603. The van der Waals surface area contributed by atoms with Gasteiger partial charge in [-0.25, -0.2) is 4.79 Å². The third kappa shape index (κ3) is 2.46. The third-order valence-corrected chi connectivity index (χ3v) is 5.73. The Morgan fingerprint density at radius 2 is 2.36 bits per heavy atom. The van der Waals surface area contributed by atoms with Gasteiger partial charge in [-0.05, 0) is 17.6 Å². The van der Waals surface area contributed by atoms with E-state index in [1.165, 1.54) is 18.6 Å². The first-order valence-corrected chi connectivity index (χ1v) is 8.80. The van der Waals surface area contributed by atoms with E-state index in [1.54, 1.807) is 6.07 Å². The predicted molar refractivity (Wildman–Crippen MR) is 96.2 cm³/mol. The highest BCUT2D eigenvalue weighted by Gasteiger charge is 2.26. The molecule has 0 aliphatic carbocycles. The van der Waals surface area contributed by atoms with Crippen molar-refractivity contribution in [1.29, 1.82) is 5.26 Å². The molecule has 0 fully saturated rings. The Bertz CT molecular complexity index is 1030. The molecule has 4 rings (SSSR count). The van der Waals surface area contributed by atoms with E-state index >= 15 is 0 Å². The number of ether oxygens (including phenoxy) is 1. The Balaban J connectivity index is 1.79. The van der Waals surface area contributed by atoms with E-state index in [1.807, 2.05) is 12.1 Å². The number of anilines is 1. The Kier molecular flexibility index (Phi) is 3.86. The van der Waals surface area contributed by atoms with Gasteiger partial charge in [-0.15, -0.1) is 0 Å². The highest BCUT2D eigenvalue weighted by atomic mass is 35.5. The Hall–Kier alpha value is -2.56. The van der Waals surface area contributed by atoms with Gasteiger partial charge in [0.1, 0.15) is 16.6 Å². The van der Waals surface area contributed by atoms with Crippen LogP contribution in [0.5, 0.6) is 0 Å². The average Bonchev–Trinajstić information content (AvgIpc) is 3.20. The van der Waals surface area contributed by atoms with Gasteiger partial charge in [-0.2, -0.15) is 9.64 Å². The molecule has 0 radical (unpaired) electrons. The zero-order valence-electron chi connectivity index (χ0n) is 13.3. The Labute approximate surface area is 152 Å². The number of esters is 1. The van der Waals surface area contributed by atoms with Crippen LogP contribution in [0.4, 0.5) is 5.00 Å². The van der Waals surface area contributed by atoms with E-state index in [4.69, 9.17) is 16.3 Å². The van der Waals surface area contributed by atoms with Crippen LogP contribution in [0, 0.1) is 11.3 Å². The van der Waals surface area contributed by atoms with Gasteiger partial charge in [0.15, 0.2) is 5.15 Å². The first-order valence-electron chi connectivity index (χ1n) is 7.65. The number of aromatic nitrogens is 2. The van der Waals surface area contributed by atoms with Crippen molar-refractivity contribution in [3.63, 3.8) is 0 Å². The summed E-state index contributed by atoms with van der Waals surface area (Å²) in [6, 6.07) is 7.73. The number of para-hydroxylation sites is 1. The molecular weight excluding hydrogens is 360 g/mol. The molecule has 0 amide bonds. The van der Waals surface area contributed by atoms with Gasteiger partial charge in [0.25, 0.3) is 0 Å². The standard InChI is InChI=1S/C17H13ClN4O2S/c1-24-17(23)10-4-2-3-9-12-8-22(6-5-13(12)20-14(9)10)16-11(7-19)15(18)21-25-16/h2-4,20H,5-6,8H2,1H3. The van der Waals surface area contributed by atoms with Crippen molar-refractivity contribution in [3.05, 3.63) is 45.7 Å². The SMILES string of the molecule is COC(=O)c1cccc2c3c([nH]c12)CCN(c1snc(Cl)c1C#N)C3. The number of carbonyl (C=O) groups is 1. The number of benzene rings is 1. The average molecular weight is 373 g/mol. The fourth-order valence-corrected chi connectivity index (χ4v) is 4.32. The maximum atomic E-state index is 12.0. The van der Waals surface area contributed by atoms with Gasteiger partial charge >= 0.3 is 5.97 Å². The first-order chi connectivity index (χ1) is 12.1. The second-order valence-corrected chi connectivity index (χ2v) is 6.85. The molecule has 25 heavy (non-hydrogen) atoms. The van der Waals surface area contributed by atoms with Crippen LogP contribution < -0.4 is 4.90 Å². The van der Waals surface area contributed by atoms with Crippen molar-refractivity contribution >= 4 is 45.0 Å². The van der Waals surface area contributed by atoms with Crippen LogP contribution in [0.25, 0.3) is 10.9 Å². The molecule has 1 aromatic carbocycles. The number of nitrogens with zero attached hydrogens (tertiary/aromatic N) is 3. The molecule has 0 bridgehead atoms. The number of halogens is 1. The van der Waals surface area contributed by atoms with Crippen LogP contribution in [-0.4, -0.2) is 29.0 Å². The summed E-state index contributed by atoms with van der Waals surface area (Å²) >= 11 is 7.24. The van der Waals surface area contributed by atoms with Crippen molar-refractivity contribution in [2.24, 2.45) is 0 Å². The summed E-state index contributed by atoms with van der Waals surface area (Å²) in [6.45, 7) is 1.38. The molecule has 1 aliphatic heterocycles.